The Labute approximate surface area is 131 Å². The van der Waals surface area contributed by atoms with Gasteiger partial charge in [0.1, 0.15) is 11.3 Å². The lowest BCUT2D eigenvalue weighted by molar-refractivity contribution is -0.166. The first-order chi connectivity index (χ1) is 10.4. The summed E-state index contributed by atoms with van der Waals surface area (Å²) < 4.78 is 11.2. The molecule has 5 heteroatoms. The minimum absolute atomic E-state index is 0.0293. The van der Waals surface area contributed by atoms with E-state index in [2.05, 4.69) is 5.32 Å². The number of hydrogen-bond acceptors (Lipinski definition) is 4. The predicted octanol–water partition coefficient (Wildman–Crippen LogP) is 2.09. The van der Waals surface area contributed by atoms with E-state index in [9.17, 15) is 4.79 Å². The van der Waals surface area contributed by atoms with Gasteiger partial charge in [-0.1, -0.05) is 13.8 Å². The third-order valence-corrected chi connectivity index (χ3v) is 5.18. The summed E-state index contributed by atoms with van der Waals surface area (Å²) >= 11 is 0. The molecular formula is C17H24N2O3. The molecule has 5 nitrogen and oxygen atoms in total. The van der Waals surface area contributed by atoms with Gasteiger partial charge in [-0.25, -0.2) is 0 Å². The Morgan fingerprint density at radius 1 is 1.50 bits per heavy atom. The molecule has 0 aromatic heterocycles. The number of fused-ring (bicyclic) bond motifs is 1. The van der Waals surface area contributed by atoms with Crippen LogP contribution in [-0.2, 0) is 16.0 Å². The third-order valence-electron chi connectivity index (χ3n) is 5.18. The molecule has 1 amide bonds. The lowest BCUT2D eigenvalue weighted by Crippen LogP contribution is -2.74. The Bertz CT molecular complexity index is 600. The lowest BCUT2D eigenvalue weighted by Gasteiger charge is -2.57. The second-order valence-electron chi connectivity index (χ2n) is 6.72. The Morgan fingerprint density at radius 2 is 2.27 bits per heavy atom. The van der Waals surface area contributed by atoms with E-state index < -0.39 is 5.54 Å². The maximum atomic E-state index is 12.7. The number of carbonyl (C=O) groups is 1. The van der Waals surface area contributed by atoms with Crippen LogP contribution in [0.5, 0.6) is 5.75 Å². The van der Waals surface area contributed by atoms with Gasteiger partial charge in [0.2, 0.25) is 5.91 Å². The standard InChI is InChI=1S/C17H24N2O3/c1-4-21-14-10-17(18,16(14,2)3)15(20)19-12-5-6-13-11(9-12)7-8-22-13/h5-6,9,14H,4,7-8,10,18H2,1-3H3,(H,19,20). The van der Waals surface area contributed by atoms with Crippen LogP contribution in [0.1, 0.15) is 32.8 Å². The van der Waals surface area contributed by atoms with Gasteiger partial charge in [0, 0.05) is 30.6 Å². The lowest BCUT2D eigenvalue weighted by atomic mass is 9.54. The van der Waals surface area contributed by atoms with Crippen LogP contribution in [0.2, 0.25) is 0 Å². The van der Waals surface area contributed by atoms with Gasteiger partial charge in [-0.3, -0.25) is 4.79 Å². The van der Waals surface area contributed by atoms with Crippen molar-refractivity contribution in [3.05, 3.63) is 23.8 Å². The highest BCUT2D eigenvalue weighted by Crippen LogP contribution is 2.50. The molecule has 0 radical (unpaired) electrons. The normalized spacial score (nSPS) is 28.5. The number of nitrogens with two attached hydrogens (primary N) is 1. The highest BCUT2D eigenvalue weighted by Gasteiger charge is 2.62. The average Bonchev–Trinajstić information content (AvgIpc) is 2.94. The molecule has 0 saturated heterocycles. The minimum Gasteiger partial charge on any atom is -0.493 e. The summed E-state index contributed by atoms with van der Waals surface area (Å²) in [5.41, 5.74) is 7.01. The second-order valence-corrected chi connectivity index (χ2v) is 6.72. The molecule has 1 aliphatic heterocycles. The number of amides is 1. The Kier molecular flexibility index (Phi) is 3.65. The largest absolute Gasteiger partial charge is 0.493 e. The maximum Gasteiger partial charge on any atom is 0.245 e. The second kappa shape index (κ2) is 5.25. The van der Waals surface area contributed by atoms with E-state index in [1.165, 1.54) is 0 Å². The first-order valence-corrected chi connectivity index (χ1v) is 7.86. The summed E-state index contributed by atoms with van der Waals surface area (Å²) in [6.07, 6.45) is 1.46. The van der Waals surface area contributed by atoms with Crippen molar-refractivity contribution in [3.63, 3.8) is 0 Å². The van der Waals surface area contributed by atoms with Crippen LogP contribution >= 0.6 is 0 Å². The molecule has 1 saturated carbocycles. The van der Waals surface area contributed by atoms with Crippen LogP contribution in [0.25, 0.3) is 0 Å². The highest BCUT2D eigenvalue weighted by molar-refractivity contribution is 5.99. The van der Waals surface area contributed by atoms with Crippen LogP contribution in [0.15, 0.2) is 18.2 Å². The number of benzene rings is 1. The number of nitrogens with one attached hydrogen (secondary N) is 1. The van der Waals surface area contributed by atoms with Crippen molar-refractivity contribution in [2.24, 2.45) is 11.1 Å². The number of anilines is 1. The number of carbonyl (C=O) groups excluding carboxylic acids is 1. The number of rotatable bonds is 4. The van der Waals surface area contributed by atoms with Gasteiger partial charge in [0.25, 0.3) is 0 Å². The molecule has 1 fully saturated rings. The molecule has 2 unspecified atom stereocenters. The molecule has 1 aromatic carbocycles. The highest BCUT2D eigenvalue weighted by atomic mass is 16.5. The SMILES string of the molecule is CCOC1CC(N)(C(=O)Nc2ccc3c(c2)CCO3)C1(C)C. The number of hydrogen-bond donors (Lipinski definition) is 2. The summed E-state index contributed by atoms with van der Waals surface area (Å²) in [7, 11) is 0. The first-order valence-electron chi connectivity index (χ1n) is 7.86. The van der Waals surface area contributed by atoms with Gasteiger partial charge >= 0.3 is 0 Å². The summed E-state index contributed by atoms with van der Waals surface area (Å²) in [6.45, 7) is 7.28. The van der Waals surface area contributed by atoms with Crippen molar-refractivity contribution < 1.29 is 14.3 Å². The van der Waals surface area contributed by atoms with Crippen molar-refractivity contribution in [2.45, 2.75) is 45.3 Å². The maximum absolute atomic E-state index is 12.7. The fourth-order valence-electron chi connectivity index (χ4n) is 3.33. The number of ether oxygens (including phenoxy) is 2. The van der Waals surface area contributed by atoms with Gasteiger partial charge in [0.05, 0.1) is 12.7 Å². The fourth-order valence-corrected chi connectivity index (χ4v) is 3.33. The van der Waals surface area contributed by atoms with E-state index in [1.54, 1.807) is 0 Å². The Balaban J connectivity index is 1.72. The summed E-state index contributed by atoms with van der Waals surface area (Å²) in [5, 5.41) is 2.96. The van der Waals surface area contributed by atoms with E-state index in [1.807, 2.05) is 39.0 Å². The average molecular weight is 304 g/mol. The van der Waals surface area contributed by atoms with E-state index in [4.69, 9.17) is 15.2 Å². The summed E-state index contributed by atoms with van der Waals surface area (Å²) in [5.74, 6) is 0.758. The molecule has 0 bridgehead atoms. The smallest absolute Gasteiger partial charge is 0.245 e. The van der Waals surface area contributed by atoms with Gasteiger partial charge in [-0.15, -0.1) is 0 Å². The van der Waals surface area contributed by atoms with Crippen molar-refractivity contribution in [2.75, 3.05) is 18.5 Å². The predicted molar refractivity (Wildman–Crippen MR) is 85.0 cm³/mol. The first kappa shape index (κ1) is 15.3. The van der Waals surface area contributed by atoms with Gasteiger partial charge < -0.3 is 20.5 Å². The van der Waals surface area contributed by atoms with Crippen LogP contribution < -0.4 is 15.8 Å². The summed E-state index contributed by atoms with van der Waals surface area (Å²) in [4.78, 5) is 12.7. The third kappa shape index (κ3) is 2.20. The zero-order chi connectivity index (χ0) is 16.0. The molecule has 22 heavy (non-hydrogen) atoms. The van der Waals surface area contributed by atoms with Crippen LogP contribution in [0.3, 0.4) is 0 Å². The Hall–Kier alpha value is -1.59. The zero-order valence-corrected chi connectivity index (χ0v) is 13.4. The fraction of sp³-hybridized carbons (Fsp3) is 0.588. The molecule has 3 N–H and O–H groups in total. The molecule has 1 aliphatic carbocycles. The zero-order valence-electron chi connectivity index (χ0n) is 13.4. The topological polar surface area (TPSA) is 73.6 Å². The molecule has 1 heterocycles. The molecule has 2 atom stereocenters. The molecule has 2 aliphatic rings. The van der Waals surface area contributed by atoms with E-state index in [0.29, 0.717) is 19.6 Å². The van der Waals surface area contributed by atoms with E-state index in [-0.39, 0.29) is 17.4 Å². The van der Waals surface area contributed by atoms with Gasteiger partial charge in [-0.2, -0.15) is 0 Å². The molecule has 3 rings (SSSR count). The van der Waals surface area contributed by atoms with Crippen molar-refractivity contribution in [1.29, 1.82) is 0 Å². The molecule has 0 spiro atoms. The van der Waals surface area contributed by atoms with Crippen molar-refractivity contribution >= 4 is 11.6 Å². The van der Waals surface area contributed by atoms with Gasteiger partial charge in [0.15, 0.2) is 0 Å². The Morgan fingerprint density at radius 3 is 2.95 bits per heavy atom. The molecular weight excluding hydrogens is 280 g/mol. The minimum atomic E-state index is -0.900. The van der Waals surface area contributed by atoms with Crippen molar-refractivity contribution in [3.8, 4) is 5.75 Å². The quantitative estimate of drug-likeness (QED) is 0.893. The van der Waals surface area contributed by atoms with Crippen LogP contribution in [0, 0.1) is 5.41 Å². The monoisotopic (exact) mass is 304 g/mol. The van der Waals surface area contributed by atoms with E-state index in [0.717, 1.165) is 23.4 Å². The summed E-state index contributed by atoms with van der Waals surface area (Å²) in [6, 6.07) is 5.72. The van der Waals surface area contributed by atoms with Crippen molar-refractivity contribution in [1.82, 2.24) is 0 Å². The van der Waals surface area contributed by atoms with Crippen LogP contribution in [-0.4, -0.2) is 30.8 Å². The van der Waals surface area contributed by atoms with Crippen LogP contribution in [0.4, 0.5) is 5.69 Å². The van der Waals surface area contributed by atoms with E-state index >= 15 is 0 Å². The molecule has 1 aromatic rings. The molecule has 120 valence electrons. The van der Waals surface area contributed by atoms with Gasteiger partial charge in [-0.05, 0) is 30.7 Å².